The molecule has 3 aliphatic rings. The second-order valence-electron chi connectivity index (χ2n) is 11.9. The second kappa shape index (κ2) is 12.1. The van der Waals surface area contributed by atoms with Gasteiger partial charge in [0.05, 0.1) is 27.2 Å². The second-order valence-corrected chi connectivity index (χ2v) is 12.3. The largest absolute Gasteiger partial charge is 0.418 e. The monoisotopic (exact) mass is 634 g/mol. The molecule has 3 atom stereocenters. The number of hydrogen-bond acceptors (Lipinski definition) is 6. The molecule has 8 nitrogen and oxygen atoms in total. The summed E-state index contributed by atoms with van der Waals surface area (Å²) < 4.78 is 54.1. The number of carbonyl (C=O) groups is 1. The number of likely N-dealkylation sites (N-methyl/N-ethyl adjacent to an activating group) is 1. The lowest BCUT2D eigenvalue weighted by Crippen LogP contribution is -2.37. The third kappa shape index (κ3) is 6.06. The number of hydrogen-bond donors (Lipinski definition) is 1. The van der Waals surface area contributed by atoms with Crippen molar-refractivity contribution in [3.8, 4) is 11.3 Å². The Morgan fingerprint density at radius 2 is 2.02 bits per heavy atom. The van der Waals surface area contributed by atoms with Gasteiger partial charge in [0.2, 0.25) is 5.91 Å². The molecule has 0 radical (unpaired) electrons. The first-order valence-electron chi connectivity index (χ1n) is 14.5. The number of benzene rings is 1. The van der Waals surface area contributed by atoms with Crippen molar-refractivity contribution in [1.82, 2.24) is 24.8 Å². The minimum absolute atomic E-state index is 0.0569. The summed E-state index contributed by atoms with van der Waals surface area (Å²) in [4.78, 5) is 41.2. The highest BCUT2D eigenvalue weighted by atomic mass is 35.5. The van der Waals surface area contributed by atoms with Gasteiger partial charge in [-0.3, -0.25) is 14.7 Å². The predicted octanol–water partition coefficient (Wildman–Crippen LogP) is 5.77. The summed E-state index contributed by atoms with van der Waals surface area (Å²) in [6, 6.07) is 3.78. The zero-order valence-electron chi connectivity index (χ0n) is 24.8. The van der Waals surface area contributed by atoms with E-state index in [2.05, 4.69) is 33.4 Å². The van der Waals surface area contributed by atoms with E-state index in [1.807, 2.05) is 0 Å². The summed E-state index contributed by atoms with van der Waals surface area (Å²) in [5.74, 6) is 0.157. The number of carbonyl (C=O) groups excluding carboxylic acids is 1. The molecule has 0 bridgehead atoms. The average molecular weight is 635 g/mol. The number of likely N-dealkylation sites (tertiary alicyclic amines) is 1. The van der Waals surface area contributed by atoms with E-state index in [0.29, 0.717) is 48.3 Å². The lowest BCUT2D eigenvalue weighted by atomic mass is 9.97. The number of aromatic nitrogens is 3. The number of pyridine rings is 1. The van der Waals surface area contributed by atoms with E-state index in [0.717, 1.165) is 13.0 Å². The number of fused-ring (bicyclic) bond motifs is 2. The van der Waals surface area contributed by atoms with E-state index < -0.39 is 28.6 Å². The Hall–Kier alpha value is -3.51. The fourth-order valence-corrected chi connectivity index (χ4v) is 7.03. The smallest absolute Gasteiger partial charge is 0.354 e. The molecule has 44 heavy (non-hydrogen) atoms. The summed E-state index contributed by atoms with van der Waals surface area (Å²) in [6.07, 6.45) is 1.31. The van der Waals surface area contributed by atoms with Gasteiger partial charge in [0, 0.05) is 50.0 Å². The number of nitrogens with one attached hydrogen (secondary N) is 1. The van der Waals surface area contributed by atoms with E-state index in [4.69, 9.17) is 11.6 Å². The van der Waals surface area contributed by atoms with Crippen molar-refractivity contribution >= 4 is 34.2 Å². The lowest BCUT2D eigenvalue weighted by Gasteiger charge is -2.26. The molecule has 6 rings (SSSR count). The van der Waals surface area contributed by atoms with Gasteiger partial charge in [-0.2, -0.15) is 18.2 Å². The van der Waals surface area contributed by atoms with Crippen LogP contribution in [-0.4, -0.2) is 81.6 Å². The van der Waals surface area contributed by atoms with Gasteiger partial charge in [-0.25, -0.2) is 9.18 Å². The van der Waals surface area contributed by atoms with Crippen LogP contribution in [0.5, 0.6) is 0 Å². The van der Waals surface area contributed by atoms with Crippen LogP contribution in [0.4, 0.5) is 23.4 Å². The molecule has 1 amide bonds. The average Bonchev–Trinajstić information content (AvgIpc) is 3.65. The van der Waals surface area contributed by atoms with Crippen LogP contribution in [0.2, 0.25) is 5.02 Å². The Morgan fingerprint density at radius 1 is 1.27 bits per heavy atom. The van der Waals surface area contributed by atoms with Crippen molar-refractivity contribution < 1.29 is 22.4 Å². The molecule has 5 heterocycles. The molecule has 3 fully saturated rings. The van der Waals surface area contributed by atoms with Gasteiger partial charge >= 0.3 is 11.9 Å². The van der Waals surface area contributed by atoms with Crippen LogP contribution in [0.25, 0.3) is 22.2 Å². The molecule has 3 aliphatic heterocycles. The molecule has 13 heteroatoms. The SMILES string of the molecule is C=CC(=O)N1CCC(N(C)c2nc(=O)[nH]c3c(C)c(-c4cccc(Cl)c4C(F)(F)F)ncc23)C1.C[C@@]12CCCN1CC(F)C2. The van der Waals surface area contributed by atoms with E-state index in [1.165, 1.54) is 43.3 Å². The summed E-state index contributed by atoms with van der Waals surface area (Å²) in [7, 11) is 1.76. The molecular formula is C31H35ClF4N6O2. The molecule has 2 aromatic heterocycles. The summed E-state index contributed by atoms with van der Waals surface area (Å²) in [5.41, 5.74) is -0.833. The number of alkyl halides is 4. The van der Waals surface area contributed by atoms with E-state index in [-0.39, 0.29) is 28.7 Å². The van der Waals surface area contributed by atoms with Gasteiger partial charge in [-0.15, -0.1) is 0 Å². The van der Waals surface area contributed by atoms with E-state index >= 15 is 0 Å². The normalized spacial score (nSPS) is 23.4. The van der Waals surface area contributed by atoms with Crippen molar-refractivity contribution in [3.63, 3.8) is 0 Å². The molecule has 0 spiro atoms. The number of aryl methyl sites for hydroxylation is 1. The molecule has 3 aromatic rings. The highest BCUT2D eigenvalue weighted by Gasteiger charge is 2.44. The van der Waals surface area contributed by atoms with Gasteiger partial charge in [0.15, 0.2) is 0 Å². The molecule has 0 saturated carbocycles. The maximum absolute atomic E-state index is 13.7. The number of nitrogens with zero attached hydrogens (tertiary/aromatic N) is 5. The fourth-order valence-electron chi connectivity index (χ4n) is 6.75. The molecule has 2 unspecified atom stereocenters. The van der Waals surface area contributed by atoms with Crippen molar-refractivity contribution in [2.24, 2.45) is 0 Å². The number of aromatic amines is 1. The van der Waals surface area contributed by atoms with E-state index in [1.54, 1.807) is 23.8 Å². The maximum Gasteiger partial charge on any atom is 0.418 e. The third-order valence-corrected chi connectivity index (χ3v) is 9.39. The van der Waals surface area contributed by atoms with Gasteiger partial charge in [-0.1, -0.05) is 30.3 Å². The zero-order chi connectivity index (χ0) is 32.0. The molecular weight excluding hydrogens is 600 g/mol. The first kappa shape index (κ1) is 31.9. The van der Waals surface area contributed by atoms with Crippen molar-refractivity contribution in [1.29, 1.82) is 0 Å². The van der Waals surface area contributed by atoms with Gasteiger partial charge in [-0.05, 0) is 63.8 Å². The number of halogens is 5. The maximum atomic E-state index is 13.7. The number of amides is 1. The molecule has 0 aliphatic carbocycles. The first-order chi connectivity index (χ1) is 20.7. The summed E-state index contributed by atoms with van der Waals surface area (Å²) >= 11 is 5.89. The number of anilines is 1. The Labute approximate surface area is 257 Å². The minimum Gasteiger partial charge on any atom is -0.354 e. The van der Waals surface area contributed by atoms with Crippen LogP contribution in [0.3, 0.4) is 0 Å². The number of rotatable bonds is 4. The van der Waals surface area contributed by atoms with Gasteiger partial charge < -0.3 is 14.8 Å². The number of H-pyrrole nitrogens is 1. The van der Waals surface area contributed by atoms with Crippen LogP contribution in [0, 0.1) is 6.92 Å². The van der Waals surface area contributed by atoms with Crippen molar-refractivity contribution in [2.75, 3.05) is 38.1 Å². The predicted molar refractivity (Wildman–Crippen MR) is 163 cm³/mol. The highest BCUT2D eigenvalue weighted by molar-refractivity contribution is 6.31. The van der Waals surface area contributed by atoms with Crippen LogP contribution in [0.15, 0.2) is 41.8 Å². The van der Waals surface area contributed by atoms with Crippen LogP contribution >= 0.6 is 11.6 Å². The molecule has 1 aromatic carbocycles. The van der Waals surface area contributed by atoms with Gasteiger partial charge in [0.25, 0.3) is 0 Å². The van der Waals surface area contributed by atoms with Crippen LogP contribution in [-0.2, 0) is 11.0 Å². The topological polar surface area (TPSA) is 85.4 Å². The molecule has 3 saturated heterocycles. The highest BCUT2D eigenvalue weighted by Crippen LogP contribution is 2.43. The van der Waals surface area contributed by atoms with Crippen LogP contribution in [0.1, 0.15) is 43.7 Å². The van der Waals surface area contributed by atoms with Crippen molar-refractivity contribution in [3.05, 3.63) is 63.7 Å². The Balaban J connectivity index is 0.000000322. The molecule has 236 valence electrons. The quantitative estimate of drug-likeness (QED) is 0.290. The Morgan fingerprint density at radius 3 is 2.70 bits per heavy atom. The fraction of sp³-hybridized carbons (Fsp3) is 0.484. The summed E-state index contributed by atoms with van der Waals surface area (Å²) in [6.45, 7) is 10.1. The van der Waals surface area contributed by atoms with Crippen LogP contribution < -0.4 is 10.6 Å². The van der Waals surface area contributed by atoms with E-state index in [9.17, 15) is 27.2 Å². The standard InChI is InChI=1S/C23H21ClF3N5O2.C8H14FN/c1-4-17(33)32-9-8-13(11-32)31(3)21-15-10-28-19(12(2)20(15)29-22(34)30-21)14-6-5-7-16(24)18(14)23(25,26)27;1-8-3-2-4-10(8)6-7(9)5-8/h4-7,10,13H,1,8-9,11H2,2-3H3,(H,29,30,34);7H,2-6H2,1H3/t;7?,8-/m.0/s1. The van der Waals surface area contributed by atoms with Crippen molar-refractivity contribution in [2.45, 2.75) is 63.5 Å². The zero-order valence-corrected chi connectivity index (χ0v) is 25.6. The molecule has 1 N–H and O–H groups in total. The lowest BCUT2D eigenvalue weighted by molar-refractivity contribution is -0.137. The van der Waals surface area contributed by atoms with Gasteiger partial charge in [0.1, 0.15) is 12.0 Å². The first-order valence-corrected chi connectivity index (χ1v) is 14.9. The summed E-state index contributed by atoms with van der Waals surface area (Å²) in [5, 5.41) is 0.0437. The minimum atomic E-state index is -4.69. The Kier molecular flexibility index (Phi) is 8.78. The Bertz CT molecular complexity index is 1650. The third-order valence-electron chi connectivity index (χ3n) is 9.07.